The third-order valence-electron chi connectivity index (χ3n) is 1.64. The fraction of sp³-hybridized carbons (Fsp3) is 0.167. The Kier molecular flexibility index (Phi) is 5.64. The number of hydrogen-bond donors (Lipinski definition) is 0. The molecule has 1 rings (SSSR count). The minimum Gasteiger partial charge on any atom is -0.220 e. The highest BCUT2D eigenvalue weighted by molar-refractivity contribution is 7.97. The molecule has 0 heterocycles. The molecular weight excluding hydrogens is 208 g/mol. The molecule has 0 N–H and O–H groups in total. The van der Waals surface area contributed by atoms with Gasteiger partial charge in [-0.3, -0.25) is 0 Å². The van der Waals surface area contributed by atoms with Crippen LogP contribution in [-0.2, 0) is 9.84 Å². The lowest BCUT2D eigenvalue weighted by atomic mass is 10.2. The average molecular weight is 224 g/mol. The molecule has 2 nitrogen and oxygen atoms in total. The molecule has 0 fully saturated rings. The van der Waals surface area contributed by atoms with Crippen LogP contribution in [0.5, 0.6) is 0 Å². The van der Waals surface area contributed by atoms with Crippen molar-refractivity contribution in [1.29, 1.82) is 0 Å². The Hall–Kier alpha value is -1.35. The van der Waals surface area contributed by atoms with Crippen molar-refractivity contribution in [1.82, 2.24) is 0 Å². The maximum atomic E-state index is 10.1. The molecule has 0 radical (unpaired) electrons. The predicted octanol–water partition coefficient (Wildman–Crippen LogP) is 2.99. The Balaban J connectivity index is 0.000000265. The third kappa shape index (κ3) is 6.69. The molecule has 0 aliphatic heterocycles. The van der Waals surface area contributed by atoms with E-state index in [2.05, 4.69) is 51.3 Å². The van der Waals surface area contributed by atoms with Gasteiger partial charge in [-0.1, -0.05) is 48.6 Å². The smallest absolute Gasteiger partial charge is 0.191 e. The molecule has 0 aromatic heterocycles. The van der Waals surface area contributed by atoms with E-state index in [-0.39, 0.29) is 0 Å². The highest BCUT2D eigenvalue weighted by atomic mass is 32.2. The van der Waals surface area contributed by atoms with Crippen LogP contribution in [0.25, 0.3) is 0 Å². The molecular formula is C12H16O2S. The van der Waals surface area contributed by atoms with Crippen molar-refractivity contribution in [2.45, 2.75) is 13.8 Å². The van der Waals surface area contributed by atoms with Gasteiger partial charge < -0.3 is 0 Å². The van der Waals surface area contributed by atoms with Crippen molar-refractivity contribution in [2.24, 2.45) is 0 Å². The van der Waals surface area contributed by atoms with E-state index >= 15 is 0 Å². The maximum Gasteiger partial charge on any atom is 0.191 e. The van der Waals surface area contributed by atoms with E-state index in [0.717, 1.165) is 10.8 Å². The molecule has 0 unspecified atom stereocenters. The van der Waals surface area contributed by atoms with Crippen LogP contribution in [0.4, 0.5) is 0 Å². The molecule has 0 bridgehead atoms. The lowest BCUT2D eigenvalue weighted by Crippen LogP contribution is -1.83. The quantitative estimate of drug-likeness (QED) is 0.774. The van der Waals surface area contributed by atoms with E-state index in [9.17, 15) is 8.42 Å². The first kappa shape index (κ1) is 13.7. The summed E-state index contributed by atoms with van der Waals surface area (Å²) in [7, 11) is -3.13. The van der Waals surface area contributed by atoms with Crippen molar-refractivity contribution in [2.75, 3.05) is 0 Å². The first-order valence-electron chi connectivity index (χ1n) is 4.44. The van der Waals surface area contributed by atoms with Crippen LogP contribution in [-0.4, -0.2) is 8.42 Å². The van der Waals surface area contributed by atoms with E-state index in [0.29, 0.717) is 0 Å². The summed E-state index contributed by atoms with van der Waals surface area (Å²) in [5.74, 6) is 0. The van der Waals surface area contributed by atoms with Crippen LogP contribution in [0, 0.1) is 13.8 Å². The van der Waals surface area contributed by atoms with Gasteiger partial charge in [0.1, 0.15) is 0 Å². The highest BCUT2D eigenvalue weighted by Gasteiger charge is 1.90. The summed E-state index contributed by atoms with van der Waals surface area (Å²) in [5, 5.41) is 1.69. The van der Waals surface area contributed by atoms with Gasteiger partial charge in [-0.15, -0.1) is 0 Å². The van der Waals surface area contributed by atoms with Crippen molar-refractivity contribution in [3.8, 4) is 0 Å². The van der Waals surface area contributed by atoms with Gasteiger partial charge in [-0.25, -0.2) is 8.42 Å². The van der Waals surface area contributed by atoms with Gasteiger partial charge >= 0.3 is 0 Å². The largest absolute Gasteiger partial charge is 0.220 e. The Labute approximate surface area is 91.9 Å². The van der Waals surface area contributed by atoms with Gasteiger partial charge in [-0.05, 0) is 13.8 Å². The molecule has 0 aliphatic rings. The van der Waals surface area contributed by atoms with Gasteiger partial charge in [0.2, 0.25) is 0 Å². The predicted molar refractivity (Wildman–Crippen MR) is 65.2 cm³/mol. The van der Waals surface area contributed by atoms with Crippen molar-refractivity contribution in [3.05, 3.63) is 59.4 Å². The number of sulfone groups is 1. The van der Waals surface area contributed by atoms with Crippen LogP contribution >= 0.6 is 0 Å². The first-order chi connectivity index (χ1) is 6.91. The molecule has 1 aromatic carbocycles. The molecule has 0 saturated heterocycles. The minimum absolute atomic E-state index is 0.847. The second-order valence-electron chi connectivity index (χ2n) is 3.08. The van der Waals surface area contributed by atoms with Crippen LogP contribution < -0.4 is 0 Å². The number of rotatable bonds is 2. The first-order valence-corrected chi connectivity index (χ1v) is 6.05. The molecule has 3 heteroatoms. The van der Waals surface area contributed by atoms with E-state index in [1.54, 1.807) is 0 Å². The van der Waals surface area contributed by atoms with E-state index < -0.39 is 9.84 Å². The summed E-state index contributed by atoms with van der Waals surface area (Å²) >= 11 is 0. The summed E-state index contributed by atoms with van der Waals surface area (Å²) in [6.45, 7) is 10.3. The van der Waals surface area contributed by atoms with Gasteiger partial charge in [-0.2, -0.15) is 0 Å². The topological polar surface area (TPSA) is 34.1 Å². The van der Waals surface area contributed by atoms with E-state index in [1.165, 1.54) is 11.1 Å². The fourth-order valence-corrected chi connectivity index (χ4v) is 1.01. The zero-order valence-corrected chi connectivity index (χ0v) is 9.92. The molecule has 0 spiro atoms. The van der Waals surface area contributed by atoms with Gasteiger partial charge in [0.25, 0.3) is 0 Å². The van der Waals surface area contributed by atoms with Crippen molar-refractivity contribution in [3.63, 3.8) is 0 Å². The van der Waals surface area contributed by atoms with Gasteiger partial charge in [0.05, 0.1) is 0 Å². The molecule has 0 amide bonds. The monoisotopic (exact) mass is 224 g/mol. The molecule has 15 heavy (non-hydrogen) atoms. The Morgan fingerprint density at radius 2 is 1.47 bits per heavy atom. The fourth-order valence-electron chi connectivity index (χ4n) is 0.875. The second-order valence-corrected chi connectivity index (χ2v) is 4.93. The second kappa shape index (κ2) is 6.19. The molecule has 0 saturated carbocycles. The highest BCUT2D eigenvalue weighted by Crippen LogP contribution is 2.00. The summed E-state index contributed by atoms with van der Waals surface area (Å²) in [4.78, 5) is 0. The van der Waals surface area contributed by atoms with Gasteiger partial charge in [0.15, 0.2) is 9.84 Å². The Morgan fingerprint density at radius 1 is 1.07 bits per heavy atom. The van der Waals surface area contributed by atoms with E-state index in [1.807, 2.05) is 0 Å². The lowest BCUT2D eigenvalue weighted by molar-refractivity contribution is 0.613. The van der Waals surface area contributed by atoms with Crippen LogP contribution in [0.3, 0.4) is 0 Å². The number of hydrogen-bond acceptors (Lipinski definition) is 2. The van der Waals surface area contributed by atoms with Crippen LogP contribution in [0.2, 0.25) is 0 Å². The number of aryl methyl sites for hydroxylation is 2. The molecule has 82 valence electrons. The number of benzene rings is 1. The lowest BCUT2D eigenvalue weighted by Gasteiger charge is -1.90. The summed E-state index contributed by atoms with van der Waals surface area (Å²) in [6, 6.07) is 8.45. The zero-order chi connectivity index (χ0) is 11.9. The maximum absolute atomic E-state index is 10.1. The van der Waals surface area contributed by atoms with Crippen molar-refractivity contribution >= 4 is 9.84 Å². The SMILES string of the molecule is C=CS(=O)(=O)C=C.Cc1cccc(C)c1. The summed E-state index contributed by atoms with van der Waals surface area (Å²) in [5.41, 5.74) is 2.68. The Bertz CT molecular complexity index is 399. The van der Waals surface area contributed by atoms with Gasteiger partial charge in [0, 0.05) is 10.8 Å². The molecule has 1 aromatic rings. The van der Waals surface area contributed by atoms with Crippen LogP contribution in [0.15, 0.2) is 48.2 Å². The summed E-state index contributed by atoms with van der Waals surface area (Å²) < 4.78 is 20.3. The molecule has 0 atom stereocenters. The van der Waals surface area contributed by atoms with Crippen LogP contribution in [0.1, 0.15) is 11.1 Å². The third-order valence-corrected chi connectivity index (χ3v) is 2.57. The summed E-state index contributed by atoms with van der Waals surface area (Å²) in [6.07, 6.45) is 0. The normalized spacial score (nSPS) is 9.73. The molecule has 0 aliphatic carbocycles. The van der Waals surface area contributed by atoms with Crippen molar-refractivity contribution < 1.29 is 8.42 Å². The average Bonchev–Trinajstić information content (AvgIpc) is 2.18. The zero-order valence-electron chi connectivity index (χ0n) is 9.10. The van der Waals surface area contributed by atoms with E-state index in [4.69, 9.17) is 0 Å². The standard InChI is InChI=1S/C8H10.C4H6O2S/c1-7-4-3-5-8(2)6-7;1-3-7(5,6)4-2/h3-6H,1-2H3;3-4H,1-2H2. The Morgan fingerprint density at radius 3 is 1.60 bits per heavy atom. The minimum atomic E-state index is -3.13.